The Hall–Kier alpha value is 0.440. The van der Waals surface area contributed by atoms with Crippen molar-refractivity contribution in [2.75, 3.05) is 5.06 Å². The van der Waals surface area contributed by atoms with E-state index in [1.807, 2.05) is 10.8 Å². The molecule has 0 amide bonds. The van der Waals surface area contributed by atoms with E-state index in [1.165, 1.54) is 0 Å². The molecule has 0 N–H and O–H groups in total. The van der Waals surface area contributed by atoms with E-state index in [0.29, 0.717) is 0 Å². The van der Waals surface area contributed by atoms with Crippen LogP contribution in [0.3, 0.4) is 0 Å². The molecule has 0 saturated carbocycles. The van der Waals surface area contributed by atoms with Crippen LogP contribution in [0.1, 0.15) is 1.37 Å². The minimum Gasteiger partial charge on any atom is -0.122 e. The minimum absolute atomic E-state index is 0.0185. The Labute approximate surface area is 41.4 Å². The fourth-order valence-electron chi connectivity index (χ4n) is 0.160. The first-order chi connectivity index (χ1) is 2.89. The quantitative estimate of drug-likeness (QED) is 0.461. The molecular formula is C3H4S2. The maximum absolute atomic E-state index is 7.00. The van der Waals surface area contributed by atoms with E-state index < -0.39 is 0 Å². The van der Waals surface area contributed by atoms with Gasteiger partial charge in [-0.3, -0.25) is 0 Å². The van der Waals surface area contributed by atoms with Crippen LogP contribution in [0, 0.1) is 0 Å². The molecule has 0 radical (unpaired) electrons. The zero-order valence-electron chi connectivity index (χ0n) is 3.55. The summed E-state index contributed by atoms with van der Waals surface area (Å²) < 4.78 is 7.00. The highest BCUT2D eigenvalue weighted by atomic mass is 32.2. The van der Waals surface area contributed by atoms with Crippen molar-refractivity contribution in [1.82, 2.24) is 0 Å². The van der Waals surface area contributed by atoms with Gasteiger partial charge in [-0.2, -0.15) is 0 Å². The third kappa shape index (κ3) is 0.893. The number of rotatable bonds is 0. The first kappa shape index (κ1) is 2.59. The molecule has 0 saturated heterocycles. The third-order valence-corrected chi connectivity index (χ3v) is 1.97. The van der Waals surface area contributed by atoms with Crippen LogP contribution in [-0.4, -0.2) is 5.06 Å². The van der Waals surface area contributed by atoms with E-state index in [9.17, 15) is 0 Å². The molecule has 0 atom stereocenters. The van der Waals surface area contributed by atoms with Gasteiger partial charge in [0.25, 0.3) is 0 Å². The van der Waals surface area contributed by atoms with Crippen molar-refractivity contribution in [2.45, 2.75) is 0 Å². The third-order valence-electron chi connectivity index (χ3n) is 0.324. The second-order valence-electron chi connectivity index (χ2n) is 0.641. The number of hydrogen-bond donors (Lipinski definition) is 0. The molecule has 0 aromatic rings. The molecule has 0 aromatic carbocycles. The Morgan fingerprint density at radius 3 is 2.40 bits per heavy atom. The molecule has 1 aliphatic heterocycles. The standard InChI is InChI=1S/C3H4S2/c1-2-5-3-4-1/h1-2H,3H2/i3D. The molecule has 0 bridgehead atoms. The molecule has 1 heterocycles. The summed E-state index contributed by atoms with van der Waals surface area (Å²) in [6.07, 6.45) is 0. The van der Waals surface area contributed by atoms with Crippen molar-refractivity contribution >= 4 is 23.5 Å². The normalized spacial score (nSPS) is 27.6. The molecule has 2 heteroatoms. The van der Waals surface area contributed by atoms with Crippen LogP contribution < -0.4 is 0 Å². The Bertz CT molecular complexity index is 63.2. The lowest BCUT2D eigenvalue weighted by atomic mass is 11.3. The molecule has 0 fully saturated rings. The van der Waals surface area contributed by atoms with Crippen molar-refractivity contribution in [2.24, 2.45) is 0 Å². The van der Waals surface area contributed by atoms with Gasteiger partial charge < -0.3 is 0 Å². The lowest BCUT2D eigenvalue weighted by molar-refractivity contribution is 2.33. The van der Waals surface area contributed by atoms with Gasteiger partial charge in [0, 0.05) is 5.06 Å². The van der Waals surface area contributed by atoms with E-state index in [1.54, 1.807) is 23.5 Å². The molecule has 1 aliphatic rings. The largest absolute Gasteiger partial charge is 0.122 e. The molecule has 0 aromatic heterocycles. The summed E-state index contributed by atoms with van der Waals surface area (Å²) in [5.41, 5.74) is 0. The van der Waals surface area contributed by atoms with E-state index in [4.69, 9.17) is 1.37 Å². The first-order valence-corrected chi connectivity index (χ1v) is 3.16. The molecule has 5 heavy (non-hydrogen) atoms. The van der Waals surface area contributed by atoms with Crippen LogP contribution in [0.15, 0.2) is 10.8 Å². The SMILES string of the molecule is [2H]C1SC=CS1. The van der Waals surface area contributed by atoms with E-state index in [-0.39, 0.29) is 5.06 Å². The predicted octanol–water partition coefficient (Wildman–Crippen LogP) is 1.90. The lowest BCUT2D eigenvalue weighted by Crippen LogP contribution is -1.42. The molecule has 0 spiro atoms. The predicted molar refractivity (Wildman–Crippen MR) is 29.2 cm³/mol. The Morgan fingerprint density at radius 2 is 2.20 bits per heavy atom. The second kappa shape index (κ2) is 1.78. The van der Waals surface area contributed by atoms with Crippen molar-refractivity contribution in [3.8, 4) is 0 Å². The van der Waals surface area contributed by atoms with Gasteiger partial charge >= 0.3 is 0 Å². The van der Waals surface area contributed by atoms with Crippen LogP contribution in [0.25, 0.3) is 0 Å². The van der Waals surface area contributed by atoms with Crippen molar-refractivity contribution < 1.29 is 1.37 Å². The van der Waals surface area contributed by atoms with Crippen LogP contribution in [0.2, 0.25) is 0 Å². The summed E-state index contributed by atoms with van der Waals surface area (Å²) >= 11 is 3.09. The summed E-state index contributed by atoms with van der Waals surface area (Å²) in [6, 6.07) is 0. The van der Waals surface area contributed by atoms with Gasteiger partial charge in [-0.05, 0) is 10.8 Å². The molecular weight excluding hydrogens is 100 g/mol. The van der Waals surface area contributed by atoms with Crippen LogP contribution in [0.5, 0.6) is 0 Å². The second-order valence-corrected chi connectivity index (χ2v) is 2.50. The summed E-state index contributed by atoms with van der Waals surface area (Å²) in [5, 5.41) is 3.91. The highest BCUT2D eigenvalue weighted by Gasteiger charge is 1.85. The van der Waals surface area contributed by atoms with Gasteiger partial charge in [0.05, 0.1) is 1.37 Å². The molecule has 0 unspecified atom stereocenters. The highest BCUT2D eigenvalue weighted by molar-refractivity contribution is 8.21. The van der Waals surface area contributed by atoms with Gasteiger partial charge in [-0.25, -0.2) is 0 Å². The molecule has 0 aliphatic carbocycles. The topological polar surface area (TPSA) is 0 Å². The van der Waals surface area contributed by atoms with Crippen LogP contribution in [-0.2, 0) is 0 Å². The average molecular weight is 105 g/mol. The van der Waals surface area contributed by atoms with Crippen LogP contribution in [0.4, 0.5) is 0 Å². The van der Waals surface area contributed by atoms with Crippen molar-refractivity contribution in [1.29, 1.82) is 0 Å². The van der Waals surface area contributed by atoms with Gasteiger partial charge in [-0.1, -0.05) is 0 Å². The minimum atomic E-state index is 0.0185. The van der Waals surface area contributed by atoms with Crippen LogP contribution >= 0.6 is 23.5 Å². The van der Waals surface area contributed by atoms with Gasteiger partial charge in [0.1, 0.15) is 0 Å². The molecule has 28 valence electrons. The summed E-state index contributed by atoms with van der Waals surface area (Å²) in [5.74, 6) is 0. The van der Waals surface area contributed by atoms with Crippen molar-refractivity contribution in [3.05, 3.63) is 10.8 Å². The molecule has 1 rings (SSSR count). The Balaban J connectivity index is 2.32. The maximum Gasteiger partial charge on any atom is 0.0503 e. The van der Waals surface area contributed by atoms with E-state index in [0.717, 1.165) is 0 Å². The van der Waals surface area contributed by atoms with Gasteiger partial charge in [0.2, 0.25) is 0 Å². The smallest absolute Gasteiger partial charge is 0.0503 e. The fourth-order valence-corrected chi connectivity index (χ4v) is 1.44. The summed E-state index contributed by atoms with van der Waals surface area (Å²) in [7, 11) is 0. The maximum atomic E-state index is 7.00. The van der Waals surface area contributed by atoms with Crippen molar-refractivity contribution in [3.63, 3.8) is 0 Å². The number of hydrogen-bond acceptors (Lipinski definition) is 2. The van der Waals surface area contributed by atoms with E-state index in [2.05, 4.69) is 0 Å². The first-order valence-electron chi connectivity index (χ1n) is 1.85. The zero-order chi connectivity index (χ0) is 4.41. The fraction of sp³-hybridized carbons (Fsp3) is 0.333. The lowest BCUT2D eigenvalue weighted by Gasteiger charge is -1.69. The van der Waals surface area contributed by atoms with E-state index >= 15 is 0 Å². The highest BCUT2D eigenvalue weighted by Crippen LogP contribution is 2.22. The monoisotopic (exact) mass is 105 g/mol. The number of thioether (sulfide) groups is 2. The molecule has 0 nitrogen and oxygen atoms in total. The average Bonchev–Trinajstić information content (AvgIpc) is 1.86. The van der Waals surface area contributed by atoms with Gasteiger partial charge in [-0.15, -0.1) is 23.5 Å². The Kier molecular flexibility index (Phi) is 0.918. The summed E-state index contributed by atoms with van der Waals surface area (Å²) in [6.45, 7) is 0. The summed E-state index contributed by atoms with van der Waals surface area (Å²) in [4.78, 5) is 0. The van der Waals surface area contributed by atoms with Gasteiger partial charge in [0.15, 0.2) is 0 Å². The zero-order valence-corrected chi connectivity index (χ0v) is 4.18. The Morgan fingerprint density at radius 1 is 1.60 bits per heavy atom.